The fourth-order valence-electron chi connectivity index (χ4n) is 2.68. The second kappa shape index (κ2) is 5.59. The number of nitrogens with zero attached hydrogens (tertiary/aromatic N) is 2. The van der Waals surface area contributed by atoms with Crippen LogP contribution in [-0.4, -0.2) is 30.5 Å². The van der Waals surface area contributed by atoms with Crippen molar-refractivity contribution in [2.75, 3.05) is 24.5 Å². The van der Waals surface area contributed by atoms with Crippen molar-refractivity contribution >= 4 is 11.6 Å². The lowest BCUT2D eigenvalue weighted by molar-refractivity contribution is -0.122. The standard InChI is InChI=1S/C15H21N3O/c19-15(13-1-2-13)17-11-12-5-9-18(10-6-12)14-3-7-16-8-4-14/h3-4,7-8,12-13H,1-2,5-6,9-11H2,(H,17,19). The van der Waals surface area contributed by atoms with Gasteiger partial charge >= 0.3 is 0 Å². The summed E-state index contributed by atoms with van der Waals surface area (Å²) >= 11 is 0. The highest BCUT2D eigenvalue weighted by Crippen LogP contribution is 2.29. The summed E-state index contributed by atoms with van der Waals surface area (Å²) in [6, 6.07) is 4.13. The van der Waals surface area contributed by atoms with Crippen LogP contribution >= 0.6 is 0 Å². The van der Waals surface area contributed by atoms with Gasteiger partial charge in [-0.3, -0.25) is 9.78 Å². The molecule has 1 aromatic heterocycles. The molecule has 1 aliphatic carbocycles. The van der Waals surface area contributed by atoms with E-state index in [0.29, 0.717) is 11.8 Å². The van der Waals surface area contributed by atoms with E-state index in [0.717, 1.165) is 45.3 Å². The molecule has 0 atom stereocenters. The van der Waals surface area contributed by atoms with Crippen LogP contribution in [0.1, 0.15) is 25.7 Å². The fraction of sp³-hybridized carbons (Fsp3) is 0.600. The zero-order chi connectivity index (χ0) is 13.1. The number of hydrogen-bond donors (Lipinski definition) is 1. The summed E-state index contributed by atoms with van der Waals surface area (Å²) in [5.74, 6) is 1.24. The SMILES string of the molecule is O=C(NCC1CCN(c2ccncc2)CC1)C1CC1. The molecule has 19 heavy (non-hydrogen) atoms. The van der Waals surface area contributed by atoms with Gasteiger partial charge in [0.2, 0.25) is 5.91 Å². The maximum absolute atomic E-state index is 11.6. The van der Waals surface area contributed by atoms with E-state index < -0.39 is 0 Å². The molecule has 1 N–H and O–H groups in total. The largest absolute Gasteiger partial charge is 0.371 e. The summed E-state index contributed by atoms with van der Waals surface area (Å²) in [5.41, 5.74) is 1.26. The van der Waals surface area contributed by atoms with Crippen LogP contribution in [-0.2, 0) is 4.79 Å². The highest BCUT2D eigenvalue weighted by atomic mass is 16.2. The second-order valence-electron chi connectivity index (χ2n) is 5.66. The molecule has 1 saturated carbocycles. The van der Waals surface area contributed by atoms with Crippen LogP contribution in [0.3, 0.4) is 0 Å². The van der Waals surface area contributed by atoms with Gasteiger partial charge < -0.3 is 10.2 Å². The lowest BCUT2D eigenvalue weighted by Gasteiger charge is -2.33. The third-order valence-electron chi connectivity index (χ3n) is 4.16. The van der Waals surface area contributed by atoms with Gasteiger partial charge in [-0.05, 0) is 43.7 Å². The lowest BCUT2D eigenvalue weighted by atomic mass is 9.96. The highest BCUT2D eigenvalue weighted by Gasteiger charge is 2.30. The van der Waals surface area contributed by atoms with Gasteiger partial charge in [-0.25, -0.2) is 0 Å². The first-order valence-electron chi connectivity index (χ1n) is 7.25. The summed E-state index contributed by atoms with van der Waals surface area (Å²) in [6.07, 6.45) is 8.19. The molecule has 0 unspecified atom stereocenters. The van der Waals surface area contributed by atoms with Crippen LogP contribution in [0.4, 0.5) is 5.69 Å². The van der Waals surface area contributed by atoms with Gasteiger partial charge in [0.25, 0.3) is 0 Å². The summed E-state index contributed by atoms with van der Waals surface area (Å²) < 4.78 is 0. The molecule has 0 aromatic carbocycles. The molecule has 0 spiro atoms. The number of rotatable bonds is 4. The first-order chi connectivity index (χ1) is 9.33. The van der Waals surface area contributed by atoms with Crippen molar-refractivity contribution in [2.24, 2.45) is 11.8 Å². The normalized spacial score (nSPS) is 20.3. The predicted molar refractivity (Wildman–Crippen MR) is 74.9 cm³/mol. The van der Waals surface area contributed by atoms with Gasteiger partial charge in [0.15, 0.2) is 0 Å². The van der Waals surface area contributed by atoms with Crippen molar-refractivity contribution in [1.29, 1.82) is 0 Å². The number of anilines is 1. The van der Waals surface area contributed by atoms with Crippen LogP contribution in [0.5, 0.6) is 0 Å². The Morgan fingerprint density at radius 3 is 2.53 bits per heavy atom. The fourth-order valence-corrected chi connectivity index (χ4v) is 2.68. The molecule has 1 saturated heterocycles. The Kier molecular flexibility index (Phi) is 3.67. The number of nitrogens with one attached hydrogen (secondary N) is 1. The van der Waals surface area contributed by atoms with E-state index in [1.807, 2.05) is 12.4 Å². The van der Waals surface area contributed by atoms with E-state index in [2.05, 4.69) is 27.3 Å². The minimum absolute atomic E-state index is 0.275. The second-order valence-corrected chi connectivity index (χ2v) is 5.66. The Bertz CT molecular complexity index is 422. The van der Waals surface area contributed by atoms with Crippen LogP contribution in [0, 0.1) is 11.8 Å². The number of pyridine rings is 1. The molecule has 2 aliphatic rings. The Morgan fingerprint density at radius 1 is 1.21 bits per heavy atom. The molecular formula is C15H21N3O. The smallest absolute Gasteiger partial charge is 0.223 e. The monoisotopic (exact) mass is 259 g/mol. The van der Waals surface area contributed by atoms with Gasteiger partial charge in [0, 0.05) is 43.6 Å². The van der Waals surface area contributed by atoms with Crippen LogP contribution in [0.15, 0.2) is 24.5 Å². The average molecular weight is 259 g/mol. The van der Waals surface area contributed by atoms with E-state index in [-0.39, 0.29) is 5.91 Å². The molecule has 4 heteroatoms. The van der Waals surface area contributed by atoms with Crippen molar-refractivity contribution in [2.45, 2.75) is 25.7 Å². The van der Waals surface area contributed by atoms with Crippen molar-refractivity contribution in [1.82, 2.24) is 10.3 Å². The minimum Gasteiger partial charge on any atom is -0.371 e. The van der Waals surface area contributed by atoms with Crippen molar-refractivity contribution in [3.63, 3.8) is 0 Å². The van der Waals surface area contributed by atoms with Gasteiger partial charge in [0.1, 0.15) is 0 Å². The molecule has 1 aliphatic heterocycles. The lowest BCUT2D eigenvalue weighted by Crippen LogP contribution is -2.39. The molecule has 4 nitrogen and oxygen atoms in total. The number of carbonyl (C=O) groups excluding carboxylic acids is 1. The number of aromatic nitrogens is 1. The Balaban J connectivity index is 1.43. The van der Waals surface area contributed by atoms with E-state index in [9.17, 15) is 4.79 Å². The third kappa shape index (κ3) is 3.25. The maximum Gasteiger partial charge on any atom is 0.223 e. The molecule has 0 bridgehead atoms. The zero-order valence-corrected chi connectivity index (χ0v) is 11.2. The van der Waals surface area contributed by atoms with E-state index >= 15 is 0 Å². The van der Waals surface area contributed by atoms with Gasteiger partial charge in [0.05, 0.1) is 0 Å². The number of hydrogen-bond acceptors (Lipinski definition) is 3. The van der Waals surface area contributed by atoms with E-state index in [4.69, 9.17) is 0 Å². The molecule has 0 radical (unpaired) electrons. The molecule has 2 heterocycles. The van der Waals surface area contributed by atoms with Gasteiger partial charge in [-0.15, -0.1) is 0 Å². The number of amides is 1. The quantitative estimate of drug-likeness (QED) is 0.897. The Hall–Kier alpha value is -1.58. The zero-order valence-electron chi connectivity index (χ0n) is 11.2. The molecule has 2 fully saturated rings. The summed E-state index contributed by atoms with van der Waals surface area (Å²) in [6.45, 7) is 3.02. The van der Waals surface area contributed by atoms with Crippen molar-refractivity contribution in [3.8, 4) is 0 Å². The maximum atomic E-state index is 11.6. The number of carbonyl (C=O) groups is 1. The molecule has 1 aromatic rings. The summed E-state index contributed by atoms with van der Waals surface area (Å²) in [7, 11) is 0. The molecule has 3 rings (SSSR count). The average Bonchev–Trinajstić information content (AvgIpc) is 3.31. The van der Waals surface area contributed by atoms with Gasteiger partial charge in [-0.2, -0.15) is 0 Å². The van der Waals surface area contributed by atoms with Crippen LogP contribution in [0.2, 0.25) is 0 Å². The third-order valence-corrected chi connectivity index (χ3v) is 4.16. The Labute approximate surface area is 114 Å². The van der Waals surface area contributed by atoms with Crippen LogP contribution in [0.25, 0.3) is 0 Å². The highest BCUT2D eigenvalue weighted by molar-refractivity contribution is 5.80. The van der Waals surface area contributed by atoms with E-state index in [1.54, 1.807) is 0 Å². The van der Waals surface area contributed by atoms with Crippen molar-refractivity contribution in [3.05, 3.63) is 24.5 Å². The van der Waals surface area contributed by atoms with Crippen molar-refractivity contribution < 1.29 is 4.79 Å². The van der Waals surface area contributed by atoms with E-state index in [1.165, 1.54) is 5.69 Å². The van der Waals surface area contributed by atoms with Gasteiger partial charge in [-0.1, -0.05) is 0 Å². The molecule has 102 valence electrons. The minimum atomic E-state index is 0.275. The van der Waals surface area contributed by atoms with Crippen LogP contribution < -0.4 is 10.2 Å². The topological polar surface area (TPSA) is 45.2 Å². The first-order valence-corrected chi connectivity index (χ1v) is 7.25. The Morgan fingerprint density at radius 2 is 1.89 bits per heavy atom. The number of piperidine rings is 1. The molecule has 1 amide bonds. The first kappa shape index (κ1) is 12.5. The predicted octanol–water partition coefficient (Wildman–Crippen LogP) is 1.82. The summed E-state index contributed by atoms with van der Waals surface area (Å²) in [4.78, 5) is 18.1. The summed E-state index contributed by atoms with van der Waals surface area (Å²) in [5, 5.41) is 3.10. The molecular weight excluding hydrogens is 238 g/mol.